The molecular formula is C16H14FNO4. The highest BCUT2D eigenvalue weighted by molar-refractivity contribution is 5.92. The Kier molecular flexibility index (Phi) is 3.44. The van der Waals surface area contributed by atoms with Crippen molar-refractivity contribution < 1.29 is 23.5 Å². The first kappa shape index (κ1) is 14.3. The Morgan fingerprint density at radius 1 is 1.23 bits per heavy atom. The van der Waals surface area contributed by atoms with Gasteiger partial charge in [-0.1, -0.05) is 12.1 Å². The van der Waals surface area contributed by atoms with Crippen LogP contribution in [0.3, 0.4) is 0 Å². The first-order valence-corrected chi connectivity index (χ1v) is 6.88. The summed E-state index contributed by atoms with van der Waals surface area (Å²) in [5.41, 5.74) is -0.567. The zero-order valence-electron chi connectivity index (χ0n) is 11.6. The van der Waals surface area contributed by atoms with Crippen LogP contribution >= 0.6 is 0 Å². The van der Waals surface area contributed by atoms with Gasteiger partial charge in [0.1, 0.15) is 11.6 Å². The van der Waals surface area contributed by atoms with Crippen LogP contribution < -0.4 is 5.32 Å². The summed E-state index contributed by atoms with van der Waals surface area (Å²) in [7, 11) is 0. The van der Waals surface area contributed by atoms with E-state index in [0.717, 1.165) is 0 Å². The fourth-order valence-corrected chi connectivity index (χ4v) is 2.22. The van der Waals surface area contributed by atoms with Crippen LogP contribution in [0.1, 0.15) is 23.4 Å². The van der Waals surface area contributed by atoms with Gasteiger partial charge >= 0.3 is 5.97 Å². The van der Waals surface area contributed by atoms with Crippen LogP contribution in [0.25, 0.3) is 11.3 Å². The number of rotatable bonds is 5. The molecule has 2 N–H and O–H groups in total. The topological polar surface area (TPSA) is 79.5 Å². The Balaban J connectivity index is 1.70. The molecule has 0 unspecified atom stereocenters. The predicted molar refractivity (Wildman–Crippen MR) is 75.7 cm³/mol. The molecule has 0 spiro atoms. The van der Waals surface area contributed by atoms with E-state index < -0.39 is 23.1 Å². The molecule has 0 radical (unpaired) electrons. The molecule has 0 saturated heterocycles. The molecule has 0 atom stereocenters. The minimum Gasteiger partial charge on any atom is -0.481 e. The summed E-state index contributed by atoms with van der Waals surface area (Å²) in [5.74, 6) is -1.57. The van der Waals surface area contributed by atoms with E-state index in [-0.39, 0.29) is 23.6 Å². The Morgan fingerprint density at radius 2 is 1.95 bits per heavy atom. The number of nitrogens with one attached hydrogen (secondary N) is 1. The Labute approximate surface area is 125 Å². The Bertz CT molecular complexity index is 733. The van der Waals surface area contributed by atoms with E-state index in [0.29, 0.717) is 12.8 Å². The zero-order valence-corrected chi connectivity index (χ0v) is 11.6. The molecule has 1 saturated carbocycles. The third-order valence-electron chi connectivity index (χ3n) is 3.86. The molecule has 1 fully saturated rings. The number of hydrogen-bond donors (Lipinski definition) is 2. The molecule has 1 aromatic heterocycles. The second kappa shape index (κ2) is 5.29. The van der Waals surface area contributed by atoms with Gasteiger partial charge in [0, 0.05) is 6.54 Å². The van der Waals surface area contributed by atoms with Gasteiger partial charge in [0.25, 0.3) is 5.91 Å². The molecule has 1 aromatic carbocycles. The molecule has 114 valence electrons. The van der Waals surface area contributed by atoms with Gasteiger partial charge < -0.3 is 14.8 Å². The van der Waals surface area contributed by atoms with Gasteiger partial charge in [-0.15, -0.1) is 0 Å². The van der Waals surface area contributed by atoms with E-state index in [4.69, 9.17) is 9.52 Å². The number of benzene rings is 1. The third-order valence-corrected chi connectivity index (χ3v) is 3.86. The molecule has 1 aliphatic carbocycles. The van der Waals surface area contributed by atoms with E-state index in [9.17, 15) is 14.0 Å². The van der Waals surface area contributed by atoms with Crippen molar-refractivity contribution >= 4 is 11.9 Å². The van der Waals surface area contributed by atoms with Crippen molar-refractivity contribution in [2.75, 3.05) is 6.54 Å². The van der Waals surface area contributed by atoms with E-state index >= 15 is 0 Å². The Morgan fingerprint density at radius 3 is 2.59 bits per heavy atom. The number of hydrogen-bond acceptors (Lipinski definition) is 3. The van der Waals surface area contributed by atoms with Gasteiger partial charge in [-0.3, -0.25) is 9.59 Å². The highest BCUT2D eigenvalue weighted by atomic mass is 19.1. The lowest BCUT2D eigenvalue weighted by Crippen LogP contribution is -2.34. The zero-order chi connectivity index (χ0) is 15.7. The summed E-state index contributed by atoms with van der Waals surface area (Å²) in [5, 5.41) is 11.6. The van der Waals surface area contributed by atoms with Gasteiger partial charge in [0.15, 0.2) is 5.76 Å². The maximum Gasteiger partial charge on any atom is 0.311 e. The first-order chi connectivity index (χ1) is 10.5. The predicted octanol–water partition coefficient (Wildman–Crippen LogP) is 2.68. The molecule has 1 heterocycles. The number of halogens is 1. The maximum absolute atomic E-state index is 13.7. The highest BCUT2D eigenvalue weighted by Crippen LogP contribution is 2.45. The van der Waals surface area contributed by atoms with Crippen molar-refractivity contribution in [1.29, 1.82) is 0 Å². The van der Waals surface area contributed by atoms with E-state index in [1.54, 1.807) is 18.2 Å². The molecule has 2 aromatic rings. The summed E-state index contributed by atoms with van der Waals surface area (Å²) >= 11 is 0. The lowest BCUT2D eigenvalue weighted by Gasteiger charge is -2.09. The molecule has 0 bridgehead atoms. The number of carbonyl (C=O) groups excluding carboxylic acids is 1. The quantitative estimate of drug-likeness (QED) is 0.890. The van der Waals surface area contributed by atoms with Crippen LogP contribution in [0.5, 0.6) is 0 Å². The average molecular weight is 303 g/mol. The van der Waals surface area contributed by atoms with Crippen LogP contribution in [0.15, 0.2) is 40.8 Å². The maximum atomic E-state index is 13.7. The number of aliphatic carboxylic acids is 1. The standard InChI is InChI=1S/C16H14FNO4/c17-11-4-2-1-3-10(11)12-5-6-13(22-12)14(19)18-9-16(7-8-16)15(20)21/h1-6H,7-9H2,(H,18,19)(H,20,21). The lowest BCUT2D eigenvalue weighted by molar-refractivity contribution is -0.143. The molecular weight excluding hydrogens is 289 g/mol. The SMILES string of the molecule is O=C(NCC1(C(=O)O)CC1)c1ccc(-c2ccccc2F)o1. The van der Waals surface area contributed by atoms with Crippen LogP contribution in [0.2, 0.25) is 0 Å². The number of carboxylic acid groups (broad SMARTS) is 1. The van der Waals surface area contributed by atoms with Crippen molar-refractivity contribution in [3.63, 3.8) is 0 Å². The second-order valence-corrected chi connectivity index (χ2v) is 5.41. The third kappa shape index (κ3) is 2.59. The van der Waals surface area contributed by atoms with Crippen LogP contribution in [-0.2, 0) is 4.79 Å². The molecule has 1 amide bonds. The number of furan rings is 1. The van der Waals surface area contributed by atoms with Gasteiger partial charge in [0.05, 0.1) is 11.0 Å². The number of amides is 1. The largest absolute Gasteiger partial charge is 0.481 e. The molecule has 5 nitrogen and oxygen atoms in total. The first-order valence-electron chi connectivity index (χ1n) is 6.88. The summed E-state index contributed by atoms with van der Waals surface area (Å²) in [4.78, 5) is 23.0. The van der Waals surface area contributed by atoms with Crippen molar-refractivity contribution in [1.82, 2.24) is 5.32 Å². The van der Waals surface area contributed by atoms with Gasteiger partial charge in [0.2, 0.25) is 0 Å². The van der Waals surface area contributed by atoms with Crippen molar-refractivity contribution in [3.8, 4) is 11.3 Å². The van der Waals surface area contributed by atoms with Gasteiger partial charge in [-0.2, -0.15) is 0 Å². The van der Waals surface area contributed by atoms with Crippen LogP contribution in [-0.4, -0.2) is 23.5 Å². The fraction of sp³-hybridized carbons (Fsp3) is 0.250. The second-order valence-electron chi connectivity index (χ2n) is 5.41. The molecule has 6 heteroatoms. The van der Waals surface area contributed by atoms with Crippen molar-refractivity contribution in [2.45, 2.75) is 12.8 Å². The van der Waals surface area contributed by atoms with Gasteiger partial charge in [-0.25, -0.2) is 4.39 Å². The van der Waals surface area contributed by atoms with E-state index in [2.05, 4.69) is 5.32 Å². The smallest absolute Gasteiger partial charge is 0.311 e. The minimum atomic E-state index is -0.903. The summed E-state index contributed by atoms with van der Waals surface area (Å²) in [6.07, 6.45) is 1.11. The summed E-state index contributed by atoms with van der Waals surface area (Å²) in [6.45, 7) is 0.0664. The summed E-state index contributed by atoms with van der Waals surface area (Å²) < 4.78 is 19.0. The summed E-state index contributed by atoms with van der Waals surface area (Å²) in [6, 6.07) is 9.05. The molecule has 22 heavy (non-hydrogen) atoms. The van der Waals surface area contributed by atoms with Crippen molar-refractivity contribution in [2.24, 2.45) is 5.41 Å². The van der Waals surface area contributed by atoms with Crippen molar-refractivity contribution in [3.05, 3.63) is 48.0 Å². The van der Waals surface area contributed by atoms with Crippen LogP contribution in [0, 0.1) is 11.2 Å². The fourth-order valence-electron chi connectivity index (χ4n) is 2.22. The normalized spacial score (nSPS) is 15.3. The van der Waals surface area contributed by atoms with E-state index in [1.807, 2.05) is 0 Å². The Hall–Kier alpha value is -2.63. The molecule has 3 rings (SSSR count). The highest BCUT2D eigenvalue weighted by Gasteiger charge is 2.50. The van der Waals surface area contributed by atoms with Gasteiger partial charge in [-0.05, 0) is 37.1 Å². The monoisotopic (exact) mass is 303 g/mol. The van der Waals surface area contributed by atoms with Crippen LogP contribution in [0.4, 0.5) is 4.39 Å². The number of carbonyl (C=O) groups is 2. The average Bonchev–Trinajstić information content (AvgIpc) is 3.15. The van der Waals surface area contributed by atoms with E-state index in [1.165, 1.54) is 18.2 Å². The lowest BCUT2D eigenvalue weighted by atomic mass is 10.1. The molecule has 0 aliphatic heterocycles. The molecule has 1 aliphatic rings. The minimum absolute atomic E-state index is 0.0273. The number of carboxylic acids is 1.